The average molecular weight is 404 g/mol. The summed E-state index contributed by atoms with van der Waals surface area (Å²) in [6.45, 7) is 0. The Balaban J connectivity index is 1.76. The van der Waals surface area contributed by atoms with E-state index in [-0.39, 0.29) is 0 Å². The minimum atomic E-state index is -0.522. The zero-order chi connectivity index (χ0) is 20.2. The minimum Gasteiger partial charge on any atom is -0.256 e. The molecule has 1 nitrogen and oxygen atoms in total. The van der Waals surface area contributed by atoms with Crippen molar-refractivity contribution in [1.82, 2.24) is 0 Å². The summed E-state index contributed by atoms with van der Waals surface area (Å²) < 4.78 is 0. The molecular formula is C28H21NS. The fraction of sp³-hybridized carbons (Fsp3) is 0.0357. The summed E-state index contributed by atoms with van der Waals surface area (Å²) in [5.41, 5.74) is 6.85. The number of benzene rings is 4. The molecule has 144 valence electrons. The van der Waals surface area contributed by atoms with Gasteiger partial charge in [0.1, 0.15) is 0 Å². The van der Waals surface area contributed by atoms with Gasteiger partial charge in [0.05, 0.1) is 5.71 Å². The largest absolute Gasteiger partial charge is 0.256 e. The predicted octanol–water partition coefficient (Wildman–Crippen LogP) is 7.16. The first-order valence-electron chi connectivity index (χ1n) is 10.1. The number of rotatable bonds is 4. The second kappa shape index (κ2) is 8.17. The van der Waals surface area contributed by atoms with Crippen molar-refractivity contribution in [2.75, 3.05) is 0 Å². The summed E-state index contributed by atoms with van der Waals surface area (Å²) in [7, 11) is 0. The molecule has 0 atom stereocenters. The maximum atomic E-state index is 5.49. The standard InChI is InChI=1S/C28H21NS/c1-5-13-22(14-6-1)26-21-30-28(24-17-9-3-10-18-24,25-19-11-4-12-20-25)29-27(26)23-15-7-2-8-16-23/h1-21H. The van der Waals surface area contributed by atoms with Crippen molar-refractivity contribution in [3.05, 3.63) is 149 Å². The van der Waals surface area contributed by atoms with Crippen LogP contribution in [0.2, 0.25) is 0 Å². The van der Waals surface area contributed by atoms with Crippen LogP contribution in [0, 0.1) is 0 Å². The molecule has 4 aromatic carbocycles. The highest BCUT2D eigenvalue weighted by molar-refractivity contribution is 8.03. The second-order valence-electron chi connectivity index (χ2n) is 7.22. The highest BCUT2D eigenvalue weighted by Crippen LogP contribution is 2.49. The van der Waals surface area contributed by atoms with E-state index in [4.69, 9.17) is 4.99 Å². The fourth-order valence-electron chi connectivity index (χ4n) is 3.84. The van der Waals surface area contributed by atoms with Gasteiger partial charge in [-0.2, -0.15) is 0 Å². The number of nitrogens with zero attached hydrogens (tertiary/aromatic N) is 1. The van der Waals surface area contributed by atoms with Gasteiger partial charge in [0.25, 0.3) is 0 Å². The van der Waals surface area contributed by atoms with E-state index in [1.54, 1.807) is 11.8 Å². The number of allylic oxidation sites excluding steroid dienone is 1. The molecular weight excluding hydrogens is 382 g/mol. The molecule has 0 aliphatic carbocycles. The molecule has 1 aliphatic heterocycles. The van der Waals surface area contributed by atoms with Crippen LogP contribution in [0.15, 0.2) is 132 Å². The molecule has 0 spiro atoms. The topological polar surface area (TPSA) is 12.4 Å². The highest BCUT2D eigenvalue weighted by atomic mass is 32.2. The summed E-state index contributed by atoms with van der Waals surface area (Å²) in [5, 5.41) is 2.28. The van der Waals surface area contributed by atoms with Crippen LogP contribution in [-0.2, 0) is 4.87 Å². The van der Waals surface area contributed by atoms with Gasteiger partial charge in [0.15, 0.2) is 4.87 Å². The number of hydrogen-bond donors (Lipinski definition) is 0. The van der Waals surface area contributed by atoms with Crippen molar-refractivity contribution in [3.8, 4) is 0 Å². The molecule has 0 radical (unpaired) electrons. The van der Waals surface area contributed by atoms with Crippen LogP contribution in [0.1, 0.15) is 22.3 Å². The first-order chi connectivity index (χ1) is 14.9. The summed E-state index contributed by atoms with van der Waals surface area (Å²) in [4.78, 5) is 4.97. The number of hydrogen-bond acceptors (Lipinski definition) is 2. The van der Waals surface area contributed by atoms with Crippen molar-refractivity contribution in [2.24, 2.45) is 4.99 Å². The molecule has 0 saturated carbocycles. The summed E-state index contributed by atoms with van der Waals surface area (Å²) >= 11 is 1.77. The summed E-state index contributed by atoms with van der Waals surface area (Å²) in [6.07, 6.45) is 0. The lowest BCUT2D eigenvalue weighted by molar-refractivity contribution is 0.797. The van der Waals surface area contributed by atoms with Crippen LogP contribution in [0.5, 0.6) is 0 Å². The quantitative estimate of drug-likeness (QED) is 0.352. The van der Waals surface area contributed by atoms with E-state index in [0.717, 1.165) is 16.8 Å². The maximum Gasteiger partial charge on any atom is 0.161 e. The molecule has 0 N–H and O–H groups in total. The van der Waals surface area contributed by atoms with Gasteiger partial charge in [-0.3, -0.25) is 4.99 Å². The van der Waals surface area contributed by atoms with Gasteiger partial charge < -0.3 is 0 Å². The molecule has 4 aromatic rings. The molecule has 0 amide bonds. The number of thioether (sulfide) groups is 1. The highest BCUT2D eigenvalue weighted by Gasteiger charge is 2.38. The third kappa shape index (κ3) is 3.40. The molecule has 0 fully saturated rings. The van der Waals surface area contributed by atoms with E-state index < -0.39 is 4.87 Å². The smallest absolute Gasteiger partial charge is 0.161 e. The van der Waals surface area contributed by atoms with Crippen molar-refractivity contribution in [2.45, 2.75) is 4.87 Å². The van der Waals surface area contributed by atoms with Crippen LogP contribution in [-0.4, -0.2) is 5.71 Å². The maximum absolute atomic E-state index is 5.49. The zero-order valence-electron chi connectivity index (χ0n) is 16.5. The lowest BCUT2D eigenvalue weighted by Crippen LogP contribution is -2.26. The molecule has 0 saturated heterocycles. The van der Waals surface area contributed by atoms with Crippen LogP contribution in [0.3, 0.4) is 0 Å². The molecule has 0 bridgehead atoms. The lowest BCUT2D eigenvalue weighted by atomic mass is 9.93. The van der Waals surface area contributed by atoms with Gasteiger partial charge in [0.2, 0.25) is 0 Å². The van der Waals surface area contributed by atoms with E-state index in [2.05, 4.69) is 127 Å². The van der Waals surface area contributed by atoms with Crippen molar-refractivity contribution in [3.63, 3.8) is 0 Å². The Hall–Kier alpha value is -3.36. The minimum absolute atomic E-state index is 0.522. The normalized spacial score (nSPS) is 15.2. The number of aliphatic imine (C=N–C) groups is 1. The Bertz CT molecular complexity index is 1140. The molecule has 2 heteroatoms. The monoisotopic (exact) mass is 403 g/mol. The van der Waals surface area contributed by atoms with Crippen LogP contribution in [0.25, 0.3) is 5.57 Å². The van der Waals surface area contributed by atoms with Crippen LogP contribution >= 0.6 is 11.8 Å². The first kappa shape index (κ1) is 18.7. The van der Waals surface area contributed by atoms with Crippen molar-refractivity contribution >= 4 is 23.0 Å². The third-order valence-electron chi connectivity index (χ3n) is 5.33. The van der Waals surface area contributed by atoms with Gasteiger partial charge in [-0.1, -0.05) is 133 Å². The molecule has 30 heavy (non-hydrogen) atoms. The van der Waals surface area contributed by atoms with Gasteiger partial charge in [0, 0.05) is 11.1 Å². The molecule has 1 aliphatic rings. The fourth-order valence-corrected chi connectivity index (χ4v) is 5.07. The Labute approximate surface area is 181 Å². The van der Waals surface area contributed by atoms with Gasteiger partial charge in [-0.15, -0.1) is 0 Å². The SMILES string of the molecule is C1=C(c2ccccc2)C(c2ccccc2)=NC(c2ccccc2)(c2ccccc2)S1. The summed E-state index contributed by atoms with van der Waals surface area (Å²) in [6, 6.07) is 42.2. The molecule has 0 aromatic heterocycles. The first-order valence-corrected chi connectivity index (χ1v) is 10.9. The Kier molecular flexibility index (Phi) is 5.08. The van der Waals surface area contributed by atoms with E-state index >= 15 is 0 Å². The van der Waals surface area contributed by atoms with Gasteiger partial charge >= 0.3 is 0 Å². The van der Waals surface area contributed by atoms with E-state index in [0.29, 0.717) is 0 Å². The van der Waals surface area contributed by atoms with Gasteiger partial charge in [-0.25, -0.2) is 0 Å². The molecule has 0 unspecified atom stereocenters. The van der Waals surface area contributed by atoms with Crippen LogP contribution < -0.4 is 0 Å². The van der Waals surface area contributed by atoms with E-state index in [9.17, 15) is 0 Å². The molecule has 1 heterocycles. The summed E-state index contributed by atoms with van der Waals surface area (Å²) in [5.74, 6) is 0. The van der Waals surface area contributed by atoms with Crippen molar-refractivity contribution in [1.29, 1.82) is 0 Å². The molecule has 5 rings (SSSR count). The zero-order valence-corrected chi connectivity index (χ0v) is 17.3. The second-order valence-corrected chi connectivity index (χ2v) is 8.28. The Morgan fingerprint density at radius 1 is 0.500 bits per heavy atom. The Morgan fingerprint density at radius 2 is 0.933 bits per heavy atom. The van der Waals surface area contributed by atoms with E-state index in [1.807, 2.05) is 0 Å². The van der Waals surface area contributed by atoms with E-state index in [1.165, 1.54) is 16.7 Å². The average Bonchev–Trinajstić information content (AvgIpc) is 2.86. The predicted molar refractivity (Wildman–Crippen MR) is 129 cm³/mol. The van der Waals surface area contributed by atoms with Crippen molar-refractivity contribution < 1.29 is 0 Å². The Morgan fingerprint density at radius 3 is 1.43 bits per heavy atom. The lowest BCUT2D eigenvalue weighted by Gasteiger charge is -2.34. The van der Waals surface area contributed by atoms with Crippen LogP contribution in [0.4, 0.5) is 0 Å². The van der Waals surface area contributed by atoms with Gasteiger partial charge in [-0.05, 0) is 22.1 Å². The third-order valence-corrected chi connectivity index (χ3v) is 6.59.